The molecule has 0 aliphatic heterocycles. The third-order valence-electron chi connectivity index (χ3n) is 9.21. The molecule has 2 aromatic heterocycles. The van der Waals surface area contributed by atoms with Crippen molar-refractivity contribution in [2.24, 2.45) is 5.92 Å². The zero-order valence-electron chi connectivity index (χ0n) is 28.5. The van der Waals surface area contributed by atoms with E-state index in [1.54, 1.807) is 61.6 Å². The van der Waals surface area contributed by atoms with Crippen LogP contribution in [0.4, 0.5) is 14.9 Å². The summed E-state index contributed by atoms with van der Waals surface area (Å²) in [5.74, 6) is -0.0475. The molecule has 0 bridgehead atoms. The van der Waals surface area contributed by atoms with Gasteiger partial charge in [-0.3, -0.25) is 18.7 Å². The van der Waals surface area contributed by atoms with Crippen LogP contribution in [0.5, 0.6) is 0 Å². The highest BCUT2D eigenvalue weighted by atomic mass is 19.1. The SMILES string of the molecule is C.CN(C(=O)C(NC(=O)OCc1ccccc1)c1ccccc1)c1ccc(Cc2nc3c([nH]2)c(=O)n(Cc2ccccc2F)c(=O)n3CC2CC2)cc1. The van der Waals surface area contributed by atoms with Crippen molar-refractivity contribution in [3.63, 3.8) is 0 Å². The summed E-state index contributed by atoms with van der Waals surface area (Å²) >= 11 is 0. The largest absolute Gasteiger partial charge is 0.445 e. The topological polar surface area (TPSA) is 131 Å². The van der Waals surface area contributed by atoms with Crippen LogP contribution in [0, 0.1) is 11.7 Å². The maximum Gasteiger partial charge on any atom is 0.408 e. The molecule has 1 atom stereocenters. The van der Waals surface area contributed by atoms with Crippen molar-refractivity contribution in [3.05, 3.63) is 164 Å². The van der Waals surface area contributed by atoms with Gasteiger partial charge in [0.15, 0.2) is 5.65 Å². The van der Waals surface area contributed by atoms with E-state index in [0.29, 0.717) is 36.0 Å². The van der Waals surface area contributed by atoms with Gasteiger partial charge >= 0.3 is 11.8 Å². The highest BCUT2D eigenvalue weighted by Gasteiger charge is 2.28. The summed E-state index contributed by atoms with van der Waals surface area (Å²) in [5.41, 5.74) is 2.50. The van der Waals surface area contributed by atoms with E-state index in [9.17, 15) is 23.6 Å². The van der Waals surface area contributed by atoms with Crippen molar-refractivity contribution in [3.8, 4) is 0 Å². The van der Waals surface area contributed by atoms with Gasteiger partial charge in [0.2, 0.25) is 0 Å². The molecule has 2 amide bonds. The van der Waals surface area contributed by atoms with Gasteiger partial charge in [-0.05, 0) is 53.6 Å². The Morgan fingerprint density at radius 3 is 2.25 bits per heavy atom. The van der Waals surface area contributed by atoms with Gasteiger partial charge < -0.3 is 19.9 Å². The number of nitrogens with zero attached hydrogens (tertiary/aromatic N) is 4. The lowest BCUT2D eigenvalue weighted by molar-refractivity contribution is -0.120. The number of carbonyl (C=O) groups is 2. The summed E-state index contributed by atoms with van der Waals surface area (Å²) in [5, 5.41) is 2.72. The third-order valence-corrected chi connectivity index (χ3v) is 9.21. The van der Waals surface area contributed by atoms with E-state index in [1.807, 2.05) is 48.5 Å². The van der Waals surface area contributed by atoms with E-state index < -0.39 is 29.2 Å². The van der Waals surface area contributed by atoms with Crippen LogP contribution in [0.1, 0.15) is 54.4 Å². The highest BCUT2D eigenvalue weighted by molar-refractivity contribution is 5.99. The number of H-pyrrole nitrogens is 1. The lowest BCUT2D eigenvalue weighted by atomic mass is 10.1. The second kappa shape index (κ2) is 15.9. The minimum Gasteiger partial charge on any atom is -0.445 e. The van der Waals surface area contributed by atoms with Gasteiger partial charge in [0.25, 0.3) is 11.5 Å². The summed E-state index contributed by atoms with van der Waals surface area (Å²) in [6.07, 6.45) is 1.57. The van der Waals surface area contributed by atoms with Gasteiger partial charge in [-0.2, -0.15) is 0 Å². The van der Waals surface area contributed by atoms with Crippen LogP contribution in [-0.4, -0.2) is 38.2 Å². The monoisotopic (exact) mass is 716 g/mol. The second-order valence-electron chi connectivity index (χ2n) is 13.0. The van der Waals surface area contributed by atoms with Crippen molar-refractivity contribution in [1.29, 1.82) is 0 Å². The number of likely N-dealkylation sites (N-methyl/N-ethyl adjacent to an activating group) is 1. The number of fused-ring (bicyclic) bond motifs is 1. The fourth-order valence-corrected chi connectivity index (χ4v) is 6.13. The molecule has 2 N–H and O–H groups in total. The first-order valence-corrected chi connectivity index (χ1v) is 17.1. The molecule has 0 spiro atoms. The molecule has 53 heavy (non-hydrogen) atoms. The Balaban J connectivity index is 0.00000481. The fourth-order valence-electron chi connectivity index (χ4n) is 6.13. The summed E-state index contributed by atoms with van der Waals surface area (Å²) in [4.78, 5) is 63.1. The molecule has 0 saturated heterocycles. The molecule has 6 aromatic rings. The van der Waals surface area contributed by atoms with Crippen LogP contribution in [0.2, 0.25) is 0 Å². The van der Waals surface area contributed by atoms with Gasteiger partial charge in [0.1, 0.15) is 29.8 Å². The number of aromatic nitrogens is 4. The van der Waals surface area contributed by atoms with Crippen molar-refractivity contribution in [2.45, 2.75) is 52.4 Å². The zero-order valence-corrected chi connectivity index (χ0v) is 28.5. The average Bonchev–Trinajstić information content (AvgIpc) is 3.90. The van der Waals surface area contributed by atoms with Gasteiger partial charge in [-0.25, -0.2) is 19.0 Å². The number of carbonyl (C=O) groups excluding carboxylic acids is 2. The van der Waals surface area contributed by atoms with Crippen molar-refractivity contribution >= 4 is 28.9 Å². The number of amides is 2. The standard InChI is InChI=1S/C40H37FN6O5.CH4/c1-45(37(48)34(29-12-6-3-7-13-29)44-39(50)52-25-28-10-4-2-5-11-28)31-20-18-26(19-21-31)22-33-42-35-36(43-33)46(23-27-16-17-27)40(51)47(38(35)49)24-30-14-8-9-15-32(30)41;/h2-15,18-21,27,34H,16-17,22-25H2,1H3,(H,42,43)(H,44,50);1H4. The Morgan fingerprint density at radius 1 is 0.906 bits per heavy atom. The Labute approximate surface area is 305 Å². The van der Waals surface area contributed by atoms with Gasteiger partial charge in [-0.1, -0.05) is 98.4 Å². The quantitative estimate of drug-likeness (QED) is 0.152. The summed E-state index contributed by atoms with van der Waals surface area (Å²) in [6, 6.07) is 30.6. The number of benzene rings is 4. The maximum absolute atomic E-state index is 14.5. The van der Waals surface area contributed by atoms with Crippen molar-refractivity contribution in [1.82, 2.24) is 24.4 Å². The van der Waals surface area contributed by atoms with Crippen LogP contribution >= 0.6 is 0 Å². The summed E-state index contributed by atoms with van der Waals surface area (Å²) in [6.45, 7) is 0.297. The third kappa shape index (κ3) is 8.27. The zero-order chi connectivity index (χ0) is 36.2. The first kappa shape index (κ1) is 36.5. The van der Waals surface area contributed by atoms with Crippen molar-refractivity contribution < 1.29 is 18.7 Å². The molecule has 1 unspecified atom stereocenters. The first-order valence-electron chi connectivity index (χ1n) is 17.1. The number of nitrogens with one attached hydrogen (secondary N) is 2. The maximum atomic E-state index is 14.5. The average molecular weight is 717 g/mol. The molecule has 7 rings (SSSR count). The summed E-state index contributed by atoms with van der Waals surface area (Å²) in [7, 11) is 1.63. The smallest absolute Gasteiger partial charge is 0.408 e. The highest BCUT2D eigenvalue weighted by Crippen LogP contribution is 2.31. The Kier molecular flexibility index (Phi) is 11.0. The molecular weight excluding hydrogens is 675 g/mol. The molecule has 1 fully saturated rings. The normalized spacial score (nSPS) is 12.9. The molecule has 12 heteroatoms. The summed E-state index contributed by atoms with van der Waals surface area (Å²) < 4.78 is 22.5. The van der Waals surface area contributed by atoms with E-state index >= 15 is 0 Å². The first-order chi connectivity index (χ1) is 25.2. The molecule has 0 radical (unpaired) electrons. The number of hydrogen-bond acceptors (Lipinski definition) is 6. The Hall–Kier alpha value is -6.30. The van der Waals surface area contributed by atoms with Crippen LogP contribution in [-0.2, 0) is 35.6 Å². The Morgan fingerprint density at radius 2 is 1.57 bits per heavy atom. The van der Waals surface area contributed by atoms with Crippen LogP contribution in [0.3, 0.4) is 0 Å². The predicted octanol–water partition coefficient (Wildman–Crippen LogP) is 6.34. The van der Waals surface area contributed by atoms with E-state index in [2.05, 4.69) is 15.3 Å². The number of ether oxygens (including phenoxy) is 1. The molecule has 1 saturated carbocycles. The number of aromatic amines is 1. The number of imidazole rings is 1. The predicted molar refractivity (Wildman–Crippen MR) is 201 cm³/mol. The fraction of sp³-hybridized carbons (Fsp3) is 0.244. The van der Waals surface area contributed by atoms with E-state index in [0.717, 1.165) is 28.5 Å². The van der Waals surface area contributed by atoms with E-state index in [1.165, 1.54) is 15.5 Å². The molecule has 2 heterocycles. The number of anilines is 1. The lowest BCUT2D eigenvalue weighted by Gasteiger charge is -2.25. The number of halogens is 1. The van der Waals surface area contributed by atoms with Crippen LogP contribution < -0.4 is 21.5 Å². The molecular formula is C41H41FN6O5. The van der Waals surface area contributed by atoms with E-state index in [4.69, 9.17) is 4.74 Å². The molecule has 272 valence electrons. The molecule has 1 aliphatic carbocycles. The van der Waals surface area contributed by atoms with E-state index in [-0.39, 0.29) is 43.2 Å². The van der Waals surface area contributed by atoms with Crippen LogP contribution in [0.15, 0.2) is 119 Å². The minimum absolute atomic E-state index is 0. The number of alkyl carbamates (subject to hydrolysis) is 1. The number of hydrogen-bond donors (Lipinski definition) is 2. The van der Waals surface area contributed by atoms with Gasteiger partial charge in [0.05, 0.1) is 6.54 Å². The molecule has 11 nitrogen and oxygen atoms in total. The molecule has 1 aliphatic rings. The van der Waals surface area contributed by atoms with Gasteiger partial charge in [0, 0.05) is 31.3 Å². The second-order valence-corrected chi connectivity index (χ2v) is 13.0. The lowest BCUT2D eigenvalue weighted by Crippen LogP contribution is -2.41. The Bertz CT molecular complexity index is 2330. The number of rotatable bonds is 12. The molecule has 4 aromatic carbocycles. The van der Waals surface area contributed by atoms with Gasteiger partial charge in [-0.15, -0.1) is 0 Å². The minimum atomic E-state index is -1.000. The van der Waals surface area contributed by atoms with Crippen molar-refractivity contribution in [2.75, 3.05) is 11.9 Å². The van der Waals surface area contributed by atoms with Crippen LogP contribution in [0.25, 0.3) is 11.2 Å².